The standard InChI is InChI=1S/C26H36N6O/c1-8-9-10-20(4)31(6)25-22(19(2)3)18-27-26(29-25)28-23-12-11-21(17-24(23)33-7)32-15-13-30(5)14-16-32/h8-12,17-18H,2,13-16H2,1,3-7H3,(H,27,28,29). The summed E-state index contributed by atoms with van der Waals surface area (Å²) >= 11 is 0. The van der Waals surface area contributed by atoms with Gasteiger partial charge in [-0.3, -0.25) is 0 Å². The van der Waals surface area contributed by atoms with Crippen LogP contribution >= 0.6 is 0 Å². The Morgan fingerprint density at radius 3 is 2.58 bits per heavy atom. The van der Waals surface area contributed by atoms with Crippen LogP contribution in [0.3, 0.4) is 0 Å². The molecule has 0 amide bonds. The van der Waals surface area contributed by atoms with Crippen LogP contribution < -0.4 is 19.9 Å². The number of hydrogen-bond acceptors (Lipinski definition) is 7. The molecule has 176 valence electrons. The van der Waals surface area contributed by atoms with Crippen LogP contribution in [0.15, 0.2) is 54.9 Å². The molecule has 1 aliphatic heterocycles. The first-order valence-corrected chi connectivity index (χ1v) is 11.3. The van der Waals surface area contributed by atoms with E-state index in [9.17, 15) is 0 Å². The molecule has 0 saturated carbocycles. The van der Waals surface area contributed by atoms with Gasteiger partial charge >= 0.3 is 0 Å². The van der Waals surface area contributed by atoms with Gasteiger partial charge < -0.3 is 24.8 Å². The van der Waals surface area contributed by atoms with Crippen LogP contribution in [0.2, 0.25) is 0 Å². The van der Waals surface area contributed by atoms with Crippen molar-refractivity contribution in [1.82, 2.24) is 14.9 Å². The van der Waals surface area contributed by atoms with E-state index in [0.717, 1.165) is 66.0 Å². The second kappa shape index (κ2) is 11.0. The fraction of sp³-hybridized carbons (Fsp3) is 0.385. The average Bonchev–Trinajstić information content (AvgIpc) is 2.82. The number of hydrogen-bond donors (Lipinski definition) is 1. The summed E-state index contributed by atoms with van der Waals surface area (Å²) in [6.07, 6.45) is 7.89. The molecule has 0 atom stereocenters. The quantitative estimate of drug-likeness (QED) is 0.575. The van der Waals surface area contributed by atoms with Crippen molar-refractivity contribution in [2.24, 2.45) is 0 Å². The molecule has 1 aromatic heterocycles. The van der Waals surface area contributed by atoms with Crippen molar-refractivity contribution in [1.29, 1.82) is 0 Å². The summed E-state index contributed by atoms with van der Waals surface area (Å²) in [5.41, 5.74) is 4.88. The van der Waals surface area contributed by atoms with Gasteiger partial charge in [0.2, 0.25) is 5.95 Å². The van der Waals surface area contributed by atoms with Gasteiger partial charge in [0.25, 0.3) is 0 Å². The number of rotatable bonds is 8. The Bertz CT molecular complexity index is 1040. The number of aromatic nitrogens is 2. The van der Waals surface area contributed by atoms with Crippen LogP contribution in [0.5, 0.6) is 5.75 Å². The zero-order valence-electron chi connectivity index (χ0n) is 20.7. The SMILES string of the molecule is C=C(C)c1cnc(Nc2ccc(N3CCN(C)CC3)cc2OC)nc1N(C)C(C)=CC=CC. The van der Waals surface area contributed by atoms with Crippen LogP contribution in [0.25, 0.3) is 5.57 Å². The predicted molar refractivity (Wildman–Crippen MR) is 140 cm³/mol. The normalized spacial score (nSPS) is 15.1. The largest absolute Gasteiger partial charge is 0.494 e. The van der Waals surface area contributed by atoms with Crippen LogP contribution in [-0.4, -0.2) is 62.3 Å². The summed E-state index contributed by atoms with van der Waals surface area (Å²) in [6.45, 7) is 14.3. The number of benzene rings is 1. The first-order valence-electron chi connectivity index (χ1n) is 11.3. The predicted octanol–water partition coefficient (Wildman–Crippen LogP) is 4.93. The molecule has 0 unspecified atom stereocenters. The Morgan fingerprint density at radius 2 is 1.94 bits per heavy atom. The molecule has 0 aliphatic carbocycles. The maximum absolute atomic E-state index is 5.70. The van der Waals surface area contributed by atoms with Crippen molar-refractivity contribution >= 4 is 28.7 Å². The summed E-state index contributed by atoms with van der Waals surface area (Å²) in [5, 5.41) is 3.34. The van der Waals surface area contributed by atoms with Gasteiger partial charge in [-0.05, 0) is 51.6 Å². The Balaban J connectivity index is 1.89. The number of allylic oxidation sites excluding steroid dienone is 5. The van der Waals surface area contributed by atoms with Crippen LogP contribution in [0, 0.1) is 0 Å². The van der Waals surface area contributed by atoms with E-state index in [1.165, 1.54) is 0 Å². The van der Waals surface area contributed by atoms with Gasteiger partial charge in [0.15, 0.2) is 0 Å². The summed E-state index contributed by atoms with van der Waals surface area (Å²) in [5.74, 6) is 2.07. The Kier molecular flexibility index (Phi) is 8.11. The highest BCUT2D eigenvalue weighted by molar-refractivity contribution is 5.75. The van der Waals surface area contributed by atoms with Gasteiger partial charge in [-0.1, -0.05) is 18.7 Å². The van der Waals surface area contributed by atoms with E-state index in [-0.39, 0.29) is 0 Å². The number of likely N-dealkylation sites (N-methyl/N-ethyl adjacent to an activating group) is 1. The lowest BCUT2D eigenvalue weighted by molar-refractivity contribution is 0.312. The number of methoxy groups -OCH3 is 1. The lowest BCUT2D eigenvalue weighted by Crippen LogP contribution is -2.44. The van der Waals surface area contributed by atoms with E-state index < -0.39 is 0 Å². The van der Waals surface area contributed by atoms with Gasteiger partial charge in [-0.15, -0.1) is 0 Å². The zero-order chi connectivity index (χ0) is 24.0. The molecule has 3 rings (SSSR count). The van der Waals surface area contributed by atoms with E-state index in [1.807, 2.05) is 50.2 Å². The first kappa shape index (κ1) is 24.3. The molecule has 33 heavy (non-hydrogen) atoms. The molecule has 1 aromatic carbocycles. The van der Waals surface area contributed by atoms with E-state index in [4.69, 9.17) is 9.72 Å². The highest BCUT2D eigenvalue weighted by atomic mass is 16.5. The van der Waals surface area contributed by atoms with Gasteiger partial charge in [0.1, 0.15) is 11.6 Å². The van der Waals surface area contributed by atoms with Crippen molar-refractivity contribution in [3.05, 3.63) is 60.5 Å². The molecular formula is C26H36N6O. The number of anilines is 4. The van der Waals surface area contributed by atoms with E-state index in [0.29, 0.717) is 5.95 Å². The molecule has 1 N–H and O–H groups in total. The topological polar surface area (TPSA) is 56.8 Å². The van der Waals surface area contributed by atoms with E-state index in [2.05, 4.69) is 58.9 Å². The summed E-state index contributed by atoms with van der Waals surface area (Å²) in [6, 6.07) is 6.23. The van der Waals surface area contributed by atoms with Crippen molar-refractivity contribution in [3.8, 4) is 5.75 Å². The molecule has 0 radical (unpaired) electrons. The van der Waals surface area contributed by atoms with Crippen molar-refractivity contribution in [2.75, 3.05) is 62.5 Å². The zero-order valence-corrected chi connectivity index (χ0v) is 20.7. The van der Waals surface area contributed by atoms with Crippen LogP contribution in [0.1, 0.15) is 26.3 Å². The Morgan fingerprint density at radius 1 is 1.21 bits per heavy atom. The highest BCUT2D eigenvalue weighted by Crippen LogP contribution is 2.33. The molecule has 1 fully saturated rings. The third-order valence-corrected chi connectivity index (χ3v) is 5.91. The van der Waals surface area contributed by atoms with Crippen molar-refractivity contribution in [2.45, 2.75) is 20.8 Å². The van der Waals surface area contributed by atoms with Crippen LogP contribution in [-0.2, 0) is 0 Å². The van der Waals surface area contributed by atoms with Gasteiger partial charge in [0.05, 0.1) is 12.8 Å². The molecule has 0 spiro atoms. The number of nitrogens with one attached hydrogen (secondary N) is 1. The Hall–Kier alpha value is -3.32. The third-order valence-electron chi connectivity index (χ3n) is 5.91. The van der Waals surface area contributed by atoms with E-state index in [1.54, 1.807) is 7.11 Å². The van der Waals surface area contributed by atoms with Gasteiger partial charge in [-0.2, -0.15) is 4.98 Å². The smallest absolute Gasteiger partial charge is 0.229 e. The molecule has 7 nitrogen and oxygen atoms in total. The molecule has 7 heteroatoms. The first-order chi connectivity index (χ1) is 15.8. The second-order valence-electron chi connectivity index (χ2n) is 8.40. The fourth-order valence-electron chi connectivity index (χ4n) is 3.67. The Labute approximate surface area is 198 Å². The maximum atomic E-state index is 5.70. The van der Waals surface area contributed by atoms with Gasteiger partial charge in [0, 0.05) is 62.4 Å². The minimum atomic E-state index is 0.506. The van der Waals surface area contributed by atoms with E-state index >= 15 is 0 Å². The molecule has 0 bridgehead atoms. The monoisotopic (exact) mass is 448 g/mol. The second-order valence-corrected chi connectivity index (χ2v) is 8.40. The number of nitrogens with zero attached hydrogens (tertiary/aromatic N) is 5. The van der Waals surface area contributed by atoms with Crippen LogP contribution in [0.4, 0.5) is 23.1 Å². The lowest BCUT2D eigenvalue weighted by Gasteiger charge is -2.34. The summed E-state index contributed by atoms with van der Waals surface area (Å²) in [4.78, 5) is 16.1. The fourth-order valence-corrected chi connectivity index (χ4v) is 3.67. The minimum absolute atomic E-state index is 0.506. The number of piperazine rings is 1. The number of ether oxygens (including phenoxy) is 1. The average molecular weight is 449 g/mol. The van der Waals surface area contributed by atoms with Gasteiger partial charge in [-0.25, -0.2) is 4.98 Å². The molecule has 1 aliphatic rings. The van der Waals surface area contributed by atoms with Crippen molar-refractivity contribution < 1.29 is 4.74 Å². The molecular weight excluding hydrogens is 412 g/mol. The van der Waals surface area contributed by atoms with Crippen molar-refractivity contribution in [3.63, 3.8) is 0 Å². The summed E-state index contributed by atoms with van der Waals surface area (Å²) < 4.78 is 5.70. The third kappa shape index (κ3) is 5.93. The molecule has 1 saturated heterocycles. The lowest BCUT2D eigenvalue weighted by atomic mass is 10.1. The highest BCUT2D eigenvalue weighted by Gasteiger charge is 2.17. The molecule has 2 aromatic rings. The minimum Gasteiger partial charge on any atom is -0.494 e. The maximum Gasteiger partial charge on any atom is 0.229 e. The molecule has 2 heterocycles. The summed E-state index contributed by atoms with van der Waals surface area (Å²) in [7, 11) is 5.85.